The zero-order valence-electron chi connectivity index (χ0n) is 8.41. The van der Waals surface area contributed by atoms with Crippen LogP contribution < -0.4 is 4.74 Å². The van der Waals surface area contributed by atoms with Gasteiger partial charge in [-0.15, -0.1) is 0 Å². The molecule has 1 aliphatic heterocycles. The molecule has 0 bridgehead atoms. The van der Waals surface area contributed by atoms with Gasteiger partial charge in [0.25, 0.3) is 0 Å². The zero-order valence-corrected chi connectivity index (χ0v) is 10.8. The van der Waals surface area contributed by atoms with Crippen LogP contribution in [-0.4, -0.2) is 36.1 Å². The van der Waals surface area contributed by atoms with Crippen molar-refractivity contribution in [1.29, 1.82) is 0 Å². The van der Waals surface area contributed by atoms with Gasteiger partial charge < -0.3 is 9.64 Å². The van der Waals surface area contributed by atoms with Crippen molar-refractivity contribution in [3.05, 3.63) is 21.9 Å². The van der Waals surface area contributed by atoms with Crippen LogP contribution in [-0.2, 0) is 0 Å². The summed E-state index contributed by atoms with van der Waals surface area (Å²) in [6, 6.07) is 1.85. The van der Waals surface area contributed by atoms with E-state index in [1.54, 1.807) is 6.20 Å². The average Bonchev–Trinajstić information content (AvgIpc) is 2.58. The maximum atomic E-state index is 5.80. The lowest BCUT2D eigenvalue weighted by molar-refractivity contribution is 0.207. The highest BCUT2D eigenvalue weighted by molar-refractivity contribution is 9.10. The fourth-order valence-corrected chi connectivity index (χ4v) is 2.08. The third-order valence-electron chi connectivity index (χ3n) is 2.42. The number of rotatable bonds is 2. The number of likely N-dealkylation sites (N-methyl/N-ethyl adjacent to an activating group) is 1. The molecular formula is C10H12BrClN2O. The Bertz CT molecular complexity index is 361. The molecule has 0 amide bonds. The third-order valence-corrected chi connectivity index (χ3v) is 3.56. The predicted molar refractivity (Wildman–Crippen MR) is 63.5 cm³/mol. The van der Waals surface area contributed by atoms with E-state index in [-0.39, 0.29) is 6.10 Å². The van der Waals surface area contributed by atoms with Crippen LogP contribution in [0.5, 0.6) is 5.75 Å². The van der Waals surface area contributed by atoms with Crippen LogP contribution in [0.3, 0.4) is 0 Å². The van der Waals surface area contributed by atoms with Gasteiger partial charge in [-0.25, -0.2) is 4.98 Å². The molecule has 0 N–H and O–H groups in total. The van der Waals surface area contributed by atoms with Crippen LogP contribution in [0, 0.1) is 0 Å². The fourth-order valence-electron chi connectivity index (χ4n) is 1.65. The Kier molecular flexibility index (Phi) is 3.49. The Morgan fingerprint density at radius 2 is 2.47 bits per heavy atom. The first-order valence-corrected chi connectivity index (χ1v) is 5.98. The summed E-state index contributed by atoms with van der Waals surface area (Å²) in [6.45, 7) is 2.06. The van der Waals surface area contributed by atoms with E-state index in [9.17, 15) is 0 Å². The normalized spacial score (nSPS) is 21.9. The number of aromatic nitrogens is 1. The van der Waals surface area contributed by atoms with Crippen molar-refractivity contribution < 1.29 is 4.74 Å². The van der Waals surface area contributed by atoms with Crippen molar-refractivity contribution in [1.82, 2.24) is 9.88 Å². The van der Waals surface area contributed by atoms with Gasteiger partial charge in [-0.1, -0.05) is 11.6 Å². The molecule has 0 radical (unpaired) electrons. The first-order chi connectivity index (χ1) is 7.15. The van der Waals surface area contributed by atoms with Gasteiger partial charge in [-0.2, -0.15) is 0 Å². The number of likely N-dealkylation sites (tertiary alicyclic amines) is 1. The molecule has 0 saturated carbocycles. The van der Waals surface area contributed by atoms with E-state index in [1.165, 1.54) is 0 Å². The summed E-state index contributed by atoms with van der Waals surface area (Å²) in [5, 5.41) is 0.464. The molecule has 0 unspecified atom stereocenters. The quantitative estimate of drug-likeness (QED) is 0.783. The second-order valence-electron chi connectivity index (χ2n) is 3.73. The summed E-state index contributed by atoms with van der Waals surface area (Å²) in [5.74, 6) is 0.770. The smallest absolute Gasteiger partial charge is 0.143 e. The molecule has 1 aromatic rings. The minimum atomic E-state index is 0.268. The van der Waals surface area contributed by atoms with Crippen LogP contribution in [0.2, 0.25) is 5.15 Å². The predicted octanol–water partition coefficient (Wildman–Crippen LogP) is 2.58. The molecule has 82 valence electrons. The summed E-state index contributed by atoms with van der Waals surface area (Å²) < 4.78 is 6.56. The topological polar surface area (TPSA) is 25.4 Å². The molecule has 1 saturated heterocycles. The minimum absolute atomic E-state index is 0.268. The molecule has 1 aliphatic rings. The van der Waals surface area contributed by atoms with E-state index in [4.69, 9.17) is 16.3 Å². The highest BCUT2D eigenvalue weighted by Crippen LogP contribution is 2.25. The minimum Gasteiger partial charge on any atom is -0.487 e. The fraction of sp³-hybridized carbons (Fsp3) is 0.500. The summed E-state index contributed by atoms with van der Waals surface area (Å²) in [6.07, 6.45) is 2.99. The van der Waals surface area contributed by atoms with Crippen LogP contribution in [0.15, 0.2) is 16.7 Å². The number of hydrogen-bond acceptors (Lipinski definition) is 3. The summed E-state index contributed by atoms with van der Waals surface area (Å²) in [5.41, 5.74) is 0. The zero-order chi connectivity index (χ0) is 10.8. The molecule has 0 spiro atoms. The number of pyridine rings is 1. The monoisotopic (exact) mass is 290 g/mol. The lowest BCUT2D eigenvalue weighted by Gasteiger charge is -2.13. The van der Waals surface area contributed by atoms with E-state index in [1.807, 2.05) is 6.07 Å². The molecule has 5 heteroatoms. The van der Waals surface area contributed by atoms with Gasteiger partial charge >= 0.3 is 0 Å². The van der Waals surface area contributed by atoms with Crippen molar-refractivity contribution in [3.63, 3.8) is 0 Å². The van der Waals surface area contributed by atoms with Gasteiger partial charge in [0, 0.05) is 13.1 Å². The molecule has 1 aromatic heterocycles. The maximum Gasteiger partial charge on any atom is 0.143 e. The van der Waals surface area contributed by atoms with Crippen molar-refractivity contribution in [2.24, 2.45) is 0 Å². The Labute approximate surface area is 103 Å². The van der Waals surface area contributed by atoms with Gasteiger partial charge in [0.2, 0.25) is 0 Å². The Morgan fingerprint density at radius 1 is 1.67 bits per heavy atom. The van der Waals surface area contributed by atoms with Crippen molar-refractivity contribution in [2.75, 3.05) is 20.1 Å². The number of ether oxygens (including phenoxy) is 1. The first kappa shape index (κ1) is 11.2. The Hall–Kier alpha value is -0.320. The molecule has 15 heavy (non-hydrogen) atoms. The average molecular weight is 292 g/mol. The SMILES string of the molecule is CN1CC[C@@H](Oc2cnc(Cl)c(Br)c2)C1. The van der Waals surface area contributed by atoms with Gasteiger partial charge in [0.05, 0.1) is 10.7 Å². The van der Waals surface area contributed by atoms with E-state index in [0.717, 1.165) is 29.7 Å². The van der Waals surface area contributed by atoms with Crippen molar-refractivity contribution >= 4 is 27.5 Å². The van der Waals surface area contributed by atoms with Crippen LogP contribution in [0.25, 0.3) is 0 Å². The highest BCUT2D eigenvalue weighted by atomic mass is 79.9. The van der Waals surface area contributed by atoms with Crippen LogP contribution in [0.4, 0.5) is 0 Å². The summed E-state index contributed by atoms with van der Waals surface area (Å²) in [4.78, 5) is 6.27. The second-order valence-corrected chi connectivity index (χ2v) is 4.95. The molecule has 1 fully saturated rings. The van der Waals surface area contributed by atoms with Gasteiger partial charge in [-0.3, -0.25) is 0 Å². The van der Waals surface area contributed by atoms with Crippen LogP contribution >= 0.6 is 27.5 Å². The van der Waals surface area contributed by atoms with E-state index < -0.39 is 0 Å². The highest BCUT2D eigenvalue weighted by Gasteiger charge is 2.21. The van der Waals surface area contributed by atoms with E-state index in [0.29, 0.717) is 5.15 Å². The van der Waals surface area contributed by atoms with Crippen LogP contribution in [0.1, 0.15) is 6.42 Å². The number of nitrogens with zero attached hydrogens (tertiary/aromatic N) is 2. The first-order valence-electron chi connectivity index (χ1n) is 4.81. The number of hydrogen-bond donors (Lipinski definition) is 0. The Morgan fingerprint density at radius 3 is 3.07 bits per heavy atom. The lowest BCUT2D eigenvalue weighted by atomic mass is 10.3. The molecular weight excluding hydrogens is 279 g/mol. The third kappa shape index (κ3) is 2.83. The second kappa shape index (κ2) is 4.68. The molecule has 0 aliphatic carbocycles. The molecule has 0 aromatic carbocycles. The van der Waals surface area contributed by atoms with E-state index in [2.05, 4.69) is 32.9 Å². The standard InChI is InChI=1S/C10H12BrClN2O/c1-14-3-2-7(6-14)15-8-4-9(11)10(12)13-5-8/h4-5,7H,2-3,6H2,1H3/t7-/m1/s1. The van der Waals surface area contributed by atoms with Crippen molar-refractivity contribution in [3.8, 4) is 5.75 Å². The van der Waals surface area contributed by atoms with E-state index >= 15 is 0 Å². The van der Waals surface area contributed by atoms with Crippen molar-refractivity contribution in [2.45, 2.75) is 12.5 Å². The largest absolute Gasteiger partial charge is 0.487 e. The molecule has 2 heterocycles. The molecule has 2 rings (SSSR count). The number of halogens is 2. The Balaban J connectivity index is 2.02. The molecule has 1 atom stereocenters. The van der Waals surface area contributed by atoms with Gasteiger partial charge in [-0.05, 0) is 35.5 Å². The molecule has 3 nitrogen and oxygen atoms in total. The van der Waals surface area contributed by atoms with Gasteiger partial charge in [0.15, 0.2) is 0 Å². The lowest BCUT2D eigenvalue weighted by Crippen LogP contribution is -2.21. The summed E-state index contributed by atoms with van der Waals surface area (Å²) in [7, 11) is 2.10. The maximum absolute atomic E-state index is 5.80. The van der Waals surface area contributed by atoms with Gasteiger partial charge in [0.1, 0.15) is 17.0 Å². The summed E-state index contributed by atoms with van der Waals surface area (Å²) >= 11 is 9.12.